The standard InChI is InChI=1S/C20H19BrN6O2S/c1-2-28-15-10-16(30-18(15)19-26-20(22)29-27-19)14-9-17(25-11-24-14)23-8-7-12-3-5-13(21)6-4-12/h3-6,9-11H,2,7-8H2,1H3,(H2,22,26,27)(H,23,24,25). The minimum atomic E-state index is 0.0155. The van der Waals surface area contributed by atoms with Crippen LogP contribution in [0.25, 0.3) is 21.3 Å². The Morgan fingerprint density at radius 2 is 2.03 bits per heavy atom. The number of nitrogens with two attached hydrogens (primary N) is 1. The Balaban J connectivity index is 1.51. The van der Waals surface area contributed by atoms with E-state index in [-0.39, 0.29) is 6.01 Å². The van der Waals surface area contributed by atoms with Crippen LogP contribution in [0.15, 0.2) is 51.7 Å². The molecular formula is C20H19BrN6O2S. The highest BCUT2D eigenvalue weighted by Gasteiger charge is 2.19. The Morgan fingerprint density at radius 1 is 1.20 bits per heavy atom. The highest BCUT2D eigenvalue weighted by atomic mass is 79.9. The first-order chi connectivity index (χ1) is 14.6. The number of aromatic nitrogens is 4. The summed E-state index contributed by atoms with van der Waals surface area (Å²) in [6.07, 6.45) is 2.44. The third-order valence-corrected chi connectivity index (χ3v) is 5.86. The van der Waals surface area contributed by atoms with Gasteiger partial charge in [0.05, 0.1) is 17.2 Å². The molecule has 0 aliphatic rings. The molecule has 3 aromatic heterocycles. The van der Waals surface area contributed by atoms with Gasteiger partial charge in [-0.3, -0.25) is 0 Å². The van der Waals surface area contributed by atoms with Gasteiger partial charge in [-0.1, -0.05) is 33.2 Å². The number of nitrogens with zero attached hydrogens (tertiary/aromatic N) is 4. The van der Waals surface area contributed by atoms with Gasteiger partial charge < -0.3 is 20.3 Å². The number of halogens is 1. The molecule has 8 nitrogen and oxygen atoms in total. The Hall–Kier alpha value is -2.98. The van der Waals surface area contributed by atoms with Crippen molar-refractivity contribution in [3.8, 4) is 27.0 Å². The summed E-state index contributed by atoms with van der Waals surface area (Å²) in [7, 11) is 0. The summed E-state index contributed by atoms with van der Waals surface area (Å²) in [4.78, 5) is 14.5. The van der Waals surface area contributed by atoms with E-state index in [1.807, 2.05) is 31.2 Å². The molecule has 10 heteroatoms. The predicted molar refractivity (Wildman–Crippen MR) is 121 cm³/mol. The number of benzene rings is 1. The first kappa shape index (κ1) is 20.3. The fraction of sp³-hybridized carbons (Fsp3) is 0.200. The maximum atomic E-state index is 5.74. The molecule has 0 fully saturated rings. The number of rotatable bonds is 8. The first-order valence-electron chi connectivity index (χ1n) is 9.29. The Kier molecular flexibility index (Phi) is 6.24. The molecule has 0 saturated carbocycles. The normalized spacial score (nSPS) is 10.9. The molecule has 0 aliphatic carbocycles. The molecule has 3 heterocycles. The van der Waals surface area contributed by atoms with Crippen LogP contribution in [0.5, 0.6) is 5.75 Å². The summed E-state index contributed by atoms with van der Waals surface area (Å²) < 4.78 is 11.7. The van der Waals surface area contributed by atoms with Crippen LogP contribution in [0.2, 0.25) is 0 Å². The summed E-state index contributed by atoms with van der Waals surface area (Å²) >= 11 is 4.91. The maximum absolute atomic E-state index is 5.74. The molecule has 4 rings (SSSR count). The van der Waals surface area contributed by atoms with Crippen LogP contribution in [0.1, 0.15) is 12.5 Å². The van der Waals surface area contributed by atoms with Crippen LogP contribution in [0, 0.1) is 0 Å². The molecule has 3 N–H and O–H groups in total. The van der Waals surface area contributed by atoms with Crippen LogP contribution in [0.3, 0.4) is 0 Å². The van der Waals surface area contributed by atoms with E-state index in [0.717, 1.165) is 38.7 Å². The number of nitrogens with one attached hydrogen (secondary N) is 1. The van der Waals surface area contributed by atoms with Crippen molar-refractivity contribution in [2.24, 2.45) is 0 Å². The average Bonchev–Trinajstić information content (AvgIpc) is 3.36. The van der Waals surface area contributed by atoms with Gasteiger partial charge in [-0.2, -0.15) is 4.98 Å². The van der Waals surface area contributed by atoms with Crippen LogP contribution >= 0.6 is 27.3 Å². The first-order valence-corrected chi connectivity index (χ1v) is 10.9. The molecule has 0 atom stereocenters. The van der Waals surface area contributed by atoms with Gasteiger partial charge in [-0.15, -0.1) is 11.3 Å². The van der Waals surface area contributed by atoms with Crippen molar-refractivity contribution in [1.29, 1.82) is 0 Å². The van der Waals surface area contributed by atoms with E-state index >= 15 is 0 Å². The summed E-state index contributed by atoms with van der Waals surface area (Å²) in [6, 6.07) is 12.1. The van der Waals surface area contributed by atoms with E-state index in [1.54, 1.807) is 6.33 Å². The summed E-state index contributed by atoms with van der Waals surface area (Å²) in [5, 5.41) is 7.25. The van der Waals surface area contributed by atoms with Gasteiger partial charge >= 0.3 is 6.01 Å². The van der Waals surface area contributed by atoms with Crippen molar-refractivity contribution in [2.45, 2.75) is 13.3 Å². The van der Waals surface area contributed by atoms with E-state index < -0.39 is 0 Å². The number of thiophene rings is 1. The Labute approximate surface area is 185 Å². The maximum Gasteiger partial charge on any atom is 0.319 e. The van der Waals surface area contributed by atoms with E-state index in [2.05, 4.69) is 53.5 Å². The van der Waals surface area contributed by atoms with Crippen LogP contribution in [-0.4, -0.2) is 33.3 Å². The second-order valence-electron chi connectivity index (χ2n) is 6.28. The molecule has 1 aromatic carbocycles. The van der Waals surface area contributed by atoms with Gasteiger partial charge in [-0.25, -0.2) is 9.97 Å². The highest BCUT2D eigenvalue weighted by Crippen LogP contribution is 2.41. The highest BCUT2D eigenvalue weighted by molar-refractivity contribution is 9.10. The smallest absolute Gasteiger partial charge is 0.319 e. The monoisotopic (exact) mass is 486 g/mol. The van der Waals surface area contributed by atoms with E-state index in [1.165, 1.54) is 16.9 Å². The molecule has 0 aliphatic heterocycles. The third-order valence-electron chi connectivity index (χ3n) is 4.20. The number of anilines is 2. The lowest BCUT2D eigenvalue weighted by Crippen LogP contribution is -2.06. The average molecular weight is 487 g/mol. The SMILES string of the molecule is CCOc1cc(-c2cc(NCCc3ccc(Br)cc3)ncn2)sc1-c1noc(N)n1. The minimum Gasteiger partial charge on any atom is -0.492 e. The van der Waals surface area contributed by atoms with Gasteiger partial charge in [-0.05, 0) is 31.0 Å². The number of hydrogen-bond acceptors (Lipinski definition) is 9. The van der Waals surface area contributed by atoms with Crippen molar-refractivity contribution in [3.63, 3.8) is 0 Å². The number of nitrogen functional groups attached to an aromatic ring is 1. The zero-order chi connectivity index (χ0) is 20.9. The Morgan fingerprint density at radius 3 is 2.77 bits per heavy atom. The lowest BCUT2D eigenvalue weighted by molar-refractivity contribution is 0.342. The van der Waals surface area contributed by atoms with Crippen molar-refractivity contribution in [2.75, 3.05) is 24.2 Å². The predicted octanol–water partition coefficient (Wildman–Crippen LogP) is 4.65. The molecule has 30 heavy (non-hydrogen) atoms. The lowest BCUT2D eigenvalue weighted by atomic mass is 10.1. The third kappa shape index (κ3) is 4.77. The molecule has 0 spiro atoms. The lowest BCUT2D eigenvalue weighted by Gasteiger charge is -2.06. The van der Waals surface area contributed by atoms with Crippen LogP contribution in [0.4, 0.5) is 11.8 Å². The van der Waals surface area contributed by atoms with Crippen molar-refractivity contribution >= 4 is 39.1 Å². The quantitative estimate of drug-likeness (QED) is 0.369. The van der Waals surface area contributed by atoms with Gasteiger partial charge in [0.25, 0.3) is 0 Å². The van der Waals surface area contributed by atoms with Gasteiger partial charge in [0.1, 0.15) is 22.8 Å². The van der Waals surface area contributed by atoms with E-state index in [9.17, 15) is 0 Å². The molecular weight excluding hydrogens is 468 g/mol. The van der Waals surface area contributed by atoms with Crippen LogP contribution in [-0.2, 0) is 6.42 Å². The molecule has 0 bridgehead atoms. The van der Waals surface area contributed by atoms with Gasteiger partial charge in [0.15, 0.2) is 0 Å². The molecule has 0 unspecified atom stereocenters. The van der Waals surface area contributed by atoms with E-state index in [0.29, 0.717) is 18.2 Å². The molecule has 0 saturated heterocycles. The Bertz CT molecular complexity index is 1130. The van der Waals surface area contributed by atoms with Crippen molar-refractivity contribution in [1.82, 2.24) is 20.1 Å². The second-order valence-corrected chi connectivity index (χ2v) is 8.25. The van der Waals surface area contributed by atoms with Crippen molar-refractivity contribution < 1.29 is 9.26 Å². The van der Waals surface area contributed by atoms with E-state index in [4.69, 9.17) is 15.0 Å². The van der Waals surface area contributed by atoms with Crippen LogP contribution < -0.4 is 15.8 Å². The number of hydrogen-bond donors (Lipinski definition) is 2. The number of ether oxygens (including phenoxy) is 1. The van der Waals surface area contributed by atoms with Crippen molar-refractivity contribution in [3.05, 3.63) is 52.8 Å². The minimum absolute atomic E-state index is 0.0155. The zero-order valence-corrected chi connectivity index (χ0v) is 18.5. The fourth-order valence-electron chi connectivity index (χ4n) is 2.82. The molecule has 0 amide bonds. The molecule has 4 aromatic rings. The second kappa shape index (κ2) is 9.23. The van der Waals surface area contributed by atoms with Gasteiger partial charge in [0.2, 0.25) is 5.82 Å². The fourth-order valence-corrected chi connectivity index (χ4v) is 4.08. The topological polar surface area (TPSA) is 112 Å². The zero-order valence-electron chi connectivity index (χ0n) is 16.1. The largest absolute Gasteiger partial charge is 0.492 e. The summed E-state index contributed by atoms with van der Waals surface area (Å²) in [5.74, 6) is 1.82. The summed E-state index contributed by atoms with van der Waals surface area (Å²) in [6.45, 7) is 3.20. The summed E-state index contributed by atoms with van der Waals surface area (Å²) in [5.41, 5.74) is 7.60. The molecule has 0 radical (unpaired) electrons. The molecule has 154 valence electrons. The van der Waals surface area contributed by atoms with Gasteiger partial charge in [0, 0.05) is 23.2 Å².